The summed E-state index contributed by atoms with van der Waals surface area (Å²) in [5, 5.41) is 5.63. The lowest BCUT2D eigenvalue weighted by Gasteiger charge is -2.37. The van der Waals surface area contributed by atoms with Gasteiger partial charge in [-0.05, 0) is 72.0 Å². The van der Waals surface area contributed by atoms with E-state index in [4.69, 9.17) is 23.3 Å². The second-order valence-corrected chi connectivity index (χ2v) is 22.8. The van der Waals surface area contributed by atoms with Crippen LogP contribution in [0.4, 0.5) is 5.95 Å². The van der Waals surface area contributed by atoms with E-state index >= 15 is 0 Å². The number of benzene rings is 6. The lowest BCUT2D eigenvalue weighted by Crippen LogP contribution is -2.58. The third kappa shape index (κ3) is 9.92. The van der Waals surface area contributed by atoms with Gasteiger partial charge in [0.15, 0.2) is 0 Å². The van der Waals surface area contributed by atoms with Crippen LogP contribution >= 0.6 is 8.53 Å². The molecule has 1 aromatic heterocycles. The second-order valence-electron chi connectivity index (χ2n) is 17.1. The Labute approximate surface area is 394 Å². The fourth-order valence-corrected chi connectivity index (χ4v) is 15.4. The minimum atomic E-state index is -2.30. The molecule has 67 heavy (non-hydrogen) atoms. The van der Waals surface area contributed by atoms with Gasteiger partial charge in [-0.2, -0.15) is 4.98 Å². The molecule has 0 unspecified atom stereocenters. The van der Waals surface area contributed by atoms with Gasteiger partial charge in [0.1, 0.15) is 31.3 Å². The Kier molecular flexibility index (Phi) is 14.2. The number of fused-ring (bicyclic) bond motifs is 1. The Balaban J connectivity index is 1.10. The molecule has 0 aliphatic carbocycles. The van der Waals surface area contributed by atoms with Gasteiger partial charge < -0.3 is 27.8 Å². The van der Waals surface area contributed by atoms with Crippen molar-refractivity contribution in [2.75, 3.05) is 32.7 Å². The van der Waals surface area contributed by atoms with Crippen molar-refractivity contribution in [2.24, 2.45) is 0 Å². The number of carbonyl (C=O) groups is 1. The summed E-state index contributed by atoms with van der Waals surface area (Å²) in [7, 11) is -0.583. The molecule has 6 aromatic carbocycles. The SMILES string of the molecule is COc1ccc(C(OC[C@H](Cn2ccc(=O)nc2NC(=O)c2ccccc2)O[P@@]2O[C@H](C[Si](C)(c3ccccc3)c3ccccc3)[C@@H]3CCCN32)(c2ccccc2)c2ccc(OC)cc2)cc1. The molecule has 2 aliphatic rings. The van der Waals surface area contributed by atoms with Crippen LogP contribution in [0, 0.1) is 0 Å². The van der Waals surface area contributed by atoms with Crippen LogP contribution in [-0.2, 0) is 25.9 Å². The minimum absolute atomic E-state index is 0.0657. The number of rotatable bonds is 18. The largest absolute Gasteiger partial charge is 0.497 e. The lowest BCUT2D eigenvalue weighted by atomic mass is 9.80. The first-order chi connectivity index (χ1) is 32.8. The van der Waals surface area contributed by atoms with Gasteiger partial charge in [0.2, 0.25) is 5.95 Å². The van der Waals surface area contributed by atoms with Gasteiger partial charge >= 0.3 is 0 Å². The Morgan fingerprint density at radius 2 is 1.30 bits per heavy atom. The summed E-state index contributed by atoms with van der Waals surface area (Å²) in [6, 6.07) is 59.1. The van der Waals surface area contributed by atoms with Crippen molar-refractivity contribution in [3.05, 3.63) is 215 Å². The zero-order chi connectivity index (χ0) is 46.2. The number of hydrogen-bond acceptors (Lipinski definition) is 9. The first-order valence-electron chi connectivity index (χ1n) is 22.7. The van der Waals surface area contributed by atoms with Crippen LogP contribution < -0.4 is 30.7 Å². The number of anilines is 1. The van der Waals surface area contributed by atoms with Crippen molar-refractivity contribution >= 4 is 38.8 Å². The Morgan fingerprint density at radius 3 is 1.87 bits per heavy atom. The quantitative estimate of drug-likeness (QED) is 0.0513. The van der Waals surface area contributed by atoms with Gasteiger partial charge in [0.05, 0.1) is 33.5 Å². The molecule has 0 spiro atoms. The lowest BCUT2D eigenvalue weighted by molar-refractivity contribution is -0.0360. The van der Waals surface area contributed by atoms with Gasteiger partial charge in [-0.15, -0.1) is 0 Å². The molecule has 1 amide bonds. The molecule has 9 rings (SSSR count). The van der Waals surface area contributed by atoms with E-state index in [9.17, 15) is 9.59 Å². The monoisotopic (exact) mass is 930 g/mol. The van der Waals surface area contributed by atoms with Gasteiger partial charge in [0.25, 0.3) is 20.0 Å². The van der Waals surface area contributed by atoms with Gasteiger partial charge in [-0.3, -0.25) is 14.9 Å². The predicted molar refractivity (Wildman–Crippen MR) is 266 cm³/mol. The molecule has 2 aliphatic heterocycles. The Bertz CT molecular complexity index is 2680. The fraction of sp³-hybridized carbons (Fsp3) is 0.241. The normalized spacial score (nSPS) is 17.7. The second kappa shape index (κ2) is 20.7. The number of ether oxygens (including phenoxy) is 3. The highest BCUT2D eigenvalue weighted by molar-refractivity contribution is 7.45. The van der Waals surface area contributed by atoms with E-state index in [2.05, 4.69) is 94.3 Å². The molecule has 4 atom stereocenters. The summed E-state index contributed by atoms with van der Waals surface area (Å²) in [5.41, 5.74) is 1.46. The van der Waals surface area contributed by atoms with E-state index in [1.807, 2.05) is 72.8 Å². The maximum Gasteiger partial charge on any atom is 0.274 e. The van der Waals surface area contributed by atoms with Crippen LogP contribution in [0.5, 0.6) is 11.5 Å². The summed E-state index contributed by atoms with van der Waals surface area (Å²) in [5.74, 6) is 1.14. The summed E-state index contributed by atoms with van der Waals surface area (Å²) in [4.78, 5) is 30.7. The number of amides is 1. The maximum absolute atomic E-state index is 13.6. The molecule has 2 saturated heterocycles. The fourth-order valence-electron chi connectivity index (χ4n) is 9.48. The van der Waals surface area contributed by atoms with Gasteiger partial charge in [-0.25, -0.2) is 4.67 Å². The summed E-state index contributed by atoms with van der Waals surface area (Å²) < 4.78 is 37.4. The highest BCUT2D eigenvalue weighted by atomic mass is 31.2. The third-order valence-corrected chi connectivity index (χ3v) is 19.3. The predicted octanol–water partition coefficient (Wildman–Crippen LogP) is 8.89. The van der Waals surface area contributed by atoms with E-state index in [1.54, 1.807) is 49.2 Å². The summed E-state index contributed by atoms with van der Waals surface area (Å²) >= 11 is 0. The summed E-state index contributed by atoms with van der Waals surface area (Å²) in [6.45, 7) is 3.53. The van der Waals surface area contributed by atoms with Crippen molar-refractivity contribution in [2.45, 2.75) is 55.8 Å². The molecule has 3 heterocycles. The van der Waals surface area contributed by atoms with Crippen LogP contribution in [0.15, 0.2) is 187 Å². The van der Waals surface area contributed by atoms with E-state index in [0.717, 1.165) is 42.1 Å². The van der Waals surface area contributed by atoms with E-state index in [1.165, 1.54) is 16.4 Å². The van der Waals surface area contributed by atoms with Crippen LogP contribution in [-0.4, -0.2) is 73.8 Å². The number of aromatic nitrogens is 2. The molecule has 0 saturated carbocycles. The highest BCUT2D eigenvalue weighted by Crippen LogP contribution is 2.58. The van der Waals surface area contributed by atoms with Crippen molar-refractivity contribution in [1.82, 2.24) is 14.2 Å². The van der Waals surface area contributed by atoms with E-state index < -0.39 is 39.8 Å². The molecule has 11 nitrogen and oxygen atoms in total. The highest BCUT2D eigenvalue weighted by Gasteiger charge is 2.51. The number of nitrogens with one attached hydrogen (secondary N) is 1. The van der Waals surface area contributed by atoms with Crippen LogP contribution in [0.3, 0.4) is 0 Å². The van der Waals surface area contributed by atoms with E-state index in [-0.39, 0.29) is 31.2 Å². The average Bonchev–Trinajstić information content (AvgIpc) is 4.00. The van der Waals surface area contributed by atoms with Crippen LogP contribution in [0.2, 0.25) is 12.6 Å². The maximum atomic E-state index is 13.6. The van der Waals surface area contributed by atoms with Crippen LogP contribution in [0.1, 0.15) is 39.9 Å². The van der Waals surface area contributed by atoms with Crippen molar-refractivity contribution in [3.63, 3.8) is 0 Å². The molecule has 0 radical (unpaired) electrons. The zero-order valence-corrected chi connectivity index (χ0v) is 39.8. The smallest absolute Gasteiger partial charge is 0.274 e. The first kappa shape index (κ1) is 45.9. The topological polar surface area (TPSA) is 113 Å². The standard InChI is InChI=1S/C54H55N4O7PSi/c1-61-44-30-26-42(27-31-44)54(41-19-10-5-11-20-41,43-28-32-45(62-2)33-29-43)63-38-46(37-57-36-34-51(59)55-53(57)56-52(60)40-17-8-4-9-18-40)64-66-58-35-16-25-49(58)50(65-66)39-67(3,47-21-12-6-13-22-47)48-23-14-7-15-24-48/h4-15,17-24,26-34,36,46,49-50H,16,25,35,37-39H2,1-3H3,(H,55,56,59,60)/t46-,49-,50+,66-/m0/s1. The number of methoxy groups -OCH3 is 2. The first-order valence-corrected chi connectivity index (χ1v) is 26.5. The zero-order valence-electron chi connectivity index (χ0n) is 37.9. The molecule has 1 N–H and O–H groups in total. The van der Waals surface area contributed by atoms with Crippen molar-refractivity contribution < 1.29 is 28.1 Å². The van der Waals surface area contributed by atoms with E-state index in [0.29, 0.717) is 17.1 Å². The molecule has 7 aromatic rings. The minimum Gasteiger partial charge on any atom is -0.497 e. The van der Waals surface area contributed by atoms with Crippen molar-refractivity contribution in [3.8, 4) is 11.5 Å². The number of hydrogen-bond donors (Lipinski definition) is 1. The van der Waals surface area contributed by atoms with Crippen molar-refractivity contribution in [1.29, 1.82) is 0 Å². The molecule has 0 bridgehead atoms. The molecule has 342 valence electrons. The van der Waals surface area contributed by atoms with Gasteiger partial charge in [-0.1, -0.05) is 150 Å². The molecular formula is C54H55N4O7PSi. The number of nitrogens with zero attached hydrogens (tertiary/aromatic N) is 3. The Morgan fingerprint density at radius 1 is 0.761 bits per heavy atom. The molecular weight excluding hydrogens is 876 g/mol. The van der Waals surface area contributed by atoms with Crippen LogP contribution in [0.25, 0.3) is 0 Å². The third-order valence-electron chi connectivity index (χ3n) is 13.0. The Hall–Kier alpha value is -6.24. The summed E-state index contributed by atoms with van der Waals surface area (Å²) in [6.07, 6.45) is 2.95. The van der Waals surface area contributed by atoms with Gasteiger partial charge in [0, 0.05) is 30.4 Å². The average molecular weight is 931 g/mol. The number of carbonyl (C=O) groups excluding carboxylic acids is 1. The molecule has 2 fully saturated rings. The molecule has 13 heteroatoms.